The van der Waals surface area contributed by atoms with Crippen LogP contribution >= 0.6 is 0 Å². The number of carbonyl (C=O) groups excluding carboxylic acids is 3. The average Bonchev–Trinajstić information content (AvgIpc) is 3.41. The summed E-state index contributed by atoms with van der Waals surface area (Å²) in [7, 11) is 0. The smallest absolute Gasteiger partial charge is 0.321 e. The highest BCUT2D eigenvalue weighted by Gasteiger charge is 2.61. The van der Waals surface area contributed by atoms with Crippen molar-refractivity contribution >= 4 is 29.1 Å². The van der Waals surface area contributed by atoms with Crippen LogP contribution in [0.4, 0.5) is 24.5 Å². The number of para-hydroxylation sites is 1. The standard InChI is InChI=1S/C23H19F3N2O3/c24-23(25,26)16-6-1-2-7-17(16)27-20(29)14-4-3-5-15(11-14)28-21(30)18-12-8-9-13(10-12)19(18)22(28)31/h1-7,11-13,18-19H,8-10H2,(H,27,29)/t12-,13-,18+,19+/m0/s1. The number of alkyl halides is 3. The Morgan fingerprint density at radius 3 is 2.23 bits per heavy atom. The van der Waals surface area contributed by atoms with Crippen molar-refractivity contribution in [3.05, 3.63) is 59.7 Å². The molecule has 2 bridgehead atoms. The van der Waals surface area contributed by atoms with Crippen molar-refractivity contribution in [1.29, 1.82) is 0 Å². The summed E-state index contributed by atoms with van der Waals surface area (Å²) in [6.07, 6.45) is -1.78. The third-order valence-corrected chi connectivity index (χ3v) is 6.77. The van der Waals surface area contributed by atoms with Crippen molar-refractivity contribution in [1.82, 2.24) is 0 Å². The Kier molecular flexibility index (Phi) is 4.42. The predicted octanol–water partition coefficient (Wildman–Crippen LogP) is 4.49. The number of halogens is 3. The van der Waals surface area contributed by atoms with Gasteiger partial charge >= 0.3 is 6.18 Å². The second-order valence-corrected chi connectivity index (χ2v) is 8.44. The van der Waals surface area contributed by atoms with E-state index < -0.39 is 17.6 Å². The maximum atomic E-state index is 13.2. The van der Waals surface area contributed by atoms with E-state index in [2.05, 4.69) is 5.32 Å². The Morgan fingerprint density at radius 2 is 1.58 bits per heavy atom. The molecule has 2 aromatic rings. The lowest BCUT2D eigenvalue weighted by Crippen LogP contribution is -2.33. The fourth-order valence-electron chi connectivity index (χ4n) is 5.48. The molecular formula is C23H19F3N2O3. The van der Waals surface area contributed by atoms with E-state index in [-0.39, 0.29) is 52.4 Å². The summed E-state index contributed by atoms with van der Waals surface area (Å²) in [5, 5.41) is 2.29. The molecular weight excluding hydrogens is 409 g/mol. The van der Waals surface area contributed by atoms with Gasteiger partial charge in [-0.2, -0.15) is 13.2 Å². The SMILES string of the molecule is O=C(Nc1ccccc1C(F)(F)F)c1cccc(N2C(=O)[C@@H]3[C@H]4CC[C@@H](C4)[C@H]3C2=O)c1. The summed E-state index contributed by atoms with van der Waals surface area (Å²) < 4.78 is 39.6. The number of imide groups is 1. The quantitative estimate of drug-likeness (QED) is 0.733. The van der Waals surface area contributed by atoms with Crippen molar-refractivity contribution in [3.8, 4) is 0 Å². The predicted molar refractivity (Wildman–Crippen MR) is 106 cm³/mol. The van der Waals surface area contributed by atoms with E-state index in [4.69, 9.17) is 0 Å². The summed E-state index contributed by atoms with van der Waals surface area (Å²) >= 11 is 0. The molecule has 3 amide bonds. The van der Waals surface area contributed by atoms with E-state index in [0.29, 0.717) is 0 Å². The number of benzene rings is 2. The highest BCUT2D eigenvalue weighted by Crippen LogP contribution is 2.56. The van der Waals surface area contributed by atoms with Gasteiger partial charge < -0.3 is 5.32 Å². The monoisotopic (exact) mass is 428 g/mol. The molecule has 1 saturated heterocycles. The summed E-state index contributed by atoms with van der Waals surface area (Å²) in [6, 6.07) is 10.6. The molecule has 0 spiro atoms. The molecule has 2 aromatic carbocycles. The normalized spacial score (nSPS) is 27.0. The zero-order valence-corrected chi connectivity index (χ0v) is 16.4. The molecule has 4 atom stereocenters. The number of hydrogen-bond acceptors (Lipinski definition) is 3. The molecule has 1 N–H and O–H groups in total. The van der Waals surface area contributed by atoms with Gasteiger partial charge in [0.25, 0.3) is 5.91 Å². The van der Waals surface area contributed by atoms with E-state index in [1.807, 2.05) is 0 Å². The third-order valence-electron chi connectivity index (χ3n) is 6.77. The molecule has 0 aromatic heterocycles. The molecule has 0 radical (unpaired) electrons. The number of carbonyl (C=O) groups is 3. The van der Waals surface area contributed by atoms with Crippen LogP contribution in [0, 0.1) is 23.7 Å². The largest absolute Gasteiger partial charge is 0.418 e. The molecule has 3 aliphatic rings. The molecule has 31 heavy (non-hydrogen) atoms. The number of nitrogens with one attached hydrogen (secondary N) is 1. The van der Waals surface area contributed by atoms with Crippen LogP contribution in [0.15, 0.2) is 48.5 Å². The van der Waals surface area contributed by atoms with Crippen LogP contribution in [0.3, 0.4) is 0 Å². The first-order chi connectivity index (χ1) is 14.8. The molecule has 5 nitrogen and oxygen atoms in total. The highest BCUT2D eigenvalue weighted by molar-refractivity contribution is 6.23. The van der Waals surface area contributed by atoms with E-state index in [0.717, 1.165) is 30.2 Å². The minimum Gasteiger partial charge on any atom is -0.321 e. The van der Waals surface area contributed by atoms with Gasteiger partial charge in [0.2, 0.25) is 11.8 Å². The molecule has 1 heterocycles. The third kappa shape index (κ3) is 3.12. The van der Waals surface area contributed by atoms with Gasteiger partial charge in [0.1, 0.15) is 0 Å². The van der Waals surface area contributed by atoms with E-state index >= 15 is 0 Å². The van der Waals surface area contributed by atoms with Crippen molar-refractivity contribution < 1.29 is 27.6 Å². The lowest BCUT2D eigenvalue weighted by Gasteiger charge is -2.19. The van der Waals surface area contributed by atoms with Crippen LogP contribution < -0.4 is 10.2 Å². The van der Waals surface area contributed by atoms with Crippen LogP contribution in [-0.2, 0) is 15.8 Å². The molecule has 8 heteroatoms. The number of rotatable bonds is 3. The minimum atomic E-state index is -4.61. The molecule has 0 unspecified atom stereocenters. The van der Waals surface area contributed by atoms with Gasteiger partial charge in [-0.1, -0.05) is 18.2 Å². The second kappa shape index (κ2) is 6.93. The second-order valence-electron chi connectivity index (χ2n) is 8.44. The topological polar surface area (TPSA) is 66.5 Å². The molecule has 2 aliphatic carbocycles. The number of anilines is 2. The van der Waals surface area contributed by atoms with Crippen LogP contribution in [0.2, 0.25) is 0 Å². The number of fused-ring (bicyclic) bond motifs is 5. The van der Waals surface area contributed by atoms with Gasteiger partial charge in [0, 0.05) is 5.56 Å². The Balaban J connectivity index is 1.41. The van der Waals surface area contributed by atoms with Gasteiger partial charge in [-0.25, -0.2) is 0 Å². The van der Waals surface area contributed by atoms with Crippen LogP contribution in [0.25, 0.3) is 0 Å². The zero-order chi connectivity index (χ0) is 21.9. The summed E-state index contributed by atoms with van der Waals surface area (Å²) in [5.74, 6) is -1.32. The summed E-state index contributed by atoms with van der Waals surface area (Å²) in [4.78, 5) is 39.8. The Bertz CT molecular complexity index is 1070. The van der Waals surface area contributed by atoms with Crippen LogP contribution in [0.5, 0.6) is 0 Å². The van der Waals surface area contributed by atoms with Gasteiger partial charge in [0.05, 0.1) is 28.8 Å². The maximum Gasteiger partial charge on any atom is 0.418 e. The van der Waals surface area contributed by atoms with Crippen molar-refractivity contribution in [2.24, 2.45) is 23.7 Å². The maximum absolute atomic E-state index is 13.2. The molecule has 2 saturated carbocycles. The van der Waals surface area contributed by atoms with Crippen molar-refractivity contribution in [2.75, 3.05) is 10.2 Å². The fourth-order valence-corrected chi connectivity index (χ4v) is 5.48. The van der Waals surface area contributed by atoms with E-state index in [9.17, 15) is 27.6 Å². The Morgan fingerprint density at radius 1 is 0.935 bits per heavy atom. The first-order valence-electron chi connectivity index (χ1n) is 10.2. The minimum absolute atomic E-state index is 0.0649. The van der Waals surface area contributed by atoms with Crippen LogP contribution in [-0.4, -0.2) is 17.7 Å². The van der Waals surface area contributed by atoms with Crippen molar-refractivity contribution in [3.63, 3.8) is 0 Å². The van der Waals surface area contributed by atoms with Gasteiger partial charge in [-0.05, 0) is 61.4 Å². The van der Waals surface area contributed by atoms with Crippen molar-refractivity contribution in [2.45, 2.75) is 25.4 Å². The molecule has 1 aliphatic heterocycles. The molecule has 5 rings (SSSR count). The lowest BCUT2D eigenvalue weighted by atomic mass is 9.81. The number of nitrogens with zero attached hydrogens (tertiary/aromatic N) is 1. The van der Waals surface area contributed by atoms with Gasteiger partial charge in [-0.15, -0.1) is 0 Å². The summed E-state index contributed by atoms with van der Waals surface area (Å²) in [6.45, 7) is 0. The molecule has 3 fully saturated rings. The average molecular weight is 428 g/mol. The van der Waals surface area contributed by atoms with Gasteiger partial charge in [0.15, 0.2) is 0 Å². The lowest BCUT2D eigenvalue weighted by molar-refractivity contribution is -0.137. The Labute approximate surface area is 176 Å². The first-order valence-corrected chi connectivity index (χ1v) is 10.2. The van der Waals surface area contributed by atoms with Gasteiger partial charge in [-0.3, -0.25) is 19.3 Å². The fraction of sp³-hybridized carbons (Fsp3) is 0.348. The zero-order valence-electron chi connectivity index (χ0n) is 16.4. The Hall–Kier alpha value is -3.16. The number of hydrogen-bond donors (Lipinski definition) is 1. The highest BCUT2D eigenvalue weighted by atomic mass is 19.4. The number of amides is 3. The van der Waals surface area contributed by atoms with E-state index in [1.54, 1.807) is 6.07 Å². The summed E-state index contributed by atoms with van der Waals surface area (Å²) in [5.41, 5.74) is -0.965. The van der Waals surface area contributed by atoms with E-state index in [1.165, 1.54) is 36.4 Å². The molecule has 160 valence electrons. The first kappa shape index (κ1) is 19.8. The van der Waals surface area contributed by atoms with Crippen LogP contribution in [0.1, 0.15) is 35.2 Å².